The van der Waals surface area contributed by atoms with Crippen LogP contribution in [0.4, 0.5) is 0 Å². The molecule has 1 aromatic heterocycles. The number of nitrogens with one attached hydrogen (secondary N) is 1. The van der Waals surface area contributed by atoms with Gasteiger partial charge in [-0.3, -0.25) is 4.98 Å². The zero-order valence-electron chi connectivity index (χ0n) is 10.7. The number of nitrogens with zero attached hydrogens (tertiary/aromatic N) is 1. The average Bonchev–Trinajstić information content (AvgIpc) is 2.38. The summed E-state index contributed by atoms with van der Waals surface area (Å²) in [6.07, 6.45) is 4.67. The standard InChI is InChI=1S/C15H16Br2N2/c1-2-19-15(6-11-4-3-5-18-10-11)12-7-13(16)9-14(17)8-12/h3-5,7-10,15,19H,2,6H2,1H3. The van der Waals surface area contributed by atoms with Crippen LogP contribution < -0.4 is 5.32 Å². The number of rotatable bonds is 5. The van der Waals surface area contributed by atoms with E-state index in [0.29, 0.717) is 6.04 Å². The SMILES string of the molecule is CCNC(Cc1cccnc1)c1cc(Br)cc(Br)c1. The molecule has 0 bridgehead atoms. The minimum absolute atomic E-state index is 0.294. The van der Waals surface area contributed by atoms with Gasteiger partial charge >= 0.3 is 0 Å². The van der Waals surface area contributed by atoms with Crippen LogP contribution in [0.25, 0.3) is 0 Å². The van der Waals surface area contributed by atoms with E-state index in [-0.39, 0.29) is 0 Å². The fourth-order valence-electron chi connectivity index (χ4n) is 2.09. The lowest BCUT2D eigenvalue weighted by Crippen LogP contribution is -2.23. The topological polar surface area (TPSA) is 24.9 Å². The lowest BCUT2D eigenvalue weighted by atomic mass is 10.00. The largest absolute Gasteiger partial charge is 0.310 e. The molecule has 2 aromatic rings. The second-order valence-electron chi connectivity index (χ2n) is 4.38. The number of halogens is 2. The summed E-state index contributed by atoms with van der Waals surface area (Å²) < 4.78 is 2.18. The maximum atomic E-state index is 4.18. The molecule has 1 aromatic carbocycles. The molecule has 0 aliphatic heterocycles. The van der Waals surface area contributed by atoms with Crippen molar-refractivity contribution in [2.45, 2.75) is 19.4 Å². The van der Waals surface area contributed by atoms with Crippen LogP contribution in [0.3, 0.4) is 0 Å². The average molecular weight is 384 g/mol. The second-order valence-corrected chi connectivity index (χ2v) is 6.21. The van der Waals surface area contributed by atoms with Crippen LogP contribution in [0, 0.1) is 0 Å². The van der Waals surface area contributed by atoms with E-state index in [4.69, 9.17) is 0 Å². The third-order valence-electron chi connectivity index (χ3n) is 2.90. The summed E-state index contributed by atoms with van der Waals surface area (Å²) in [5.74, 6) is 0. The lowest BCUT2D eigenvalue weighted by molar-refractivity contribution is 0.548. The van der Waals surface area contributed by atoms with Crippen molar-refractivity contribution in [2.24, 2.45) is 0 Å². The van der Waals surface area contributed by atoms with E-state index in [9.17, 15) is 0 Å². The van der Waals surface area contributed by atoms with Gasteiger partial charge in [0.25, 0.3) is 0 Å². The number of hydrogen-bond acceptors (Lipinski definition) is 2. The number of aromatic nitrogens is 1. The fourth-order valence-corrected chi connectivity index (χ4v) is 3.41. The molecule has 0 radical (unpaired) electrons. The van der Waals surface area contributed by atoms with Gasteiger partial charge in [0.05, 0.1) is 0 Å². The van der Waals surface area contributed by atoms with Gasteiger partial charge in [0.1, 0.15) is 0 Å². The number of hydrogen-bond donors (Lipinski definition) is 1. The summed E-state index contributed by atoms with van der Waals surface area (Å²) in [5.41, 5.74) is 2.51. The molecule has 2 nitrogen and oxygen atoms in total. The van der Waals surface area contributed by atoms with Gasteiger partial charge in [0, 0.05) is 27.4 Å². The molecule has 0 aliphatic rings. The molecule has 1 N–H and O–H groups in total. The Bertz CT molecular complexity index is 509. The monoisotopic (exact) mass is 382 g/mol. The molecule has 0 spiro atoms. The highest BCUT2D eigenvalue weighted by Crippen LogP contribution is 2.26. The first-order valence-corrected chi connectivity index (χ1v) is 7.86. The van der Waals surface area contributed by atoms with Crippen LogP contribution in [0.5, 0.6) is 0 Å². The second kappa shape index (κ2) is 7.17. The molecule has 0 fully saturated rings. The molecule has 4 heteroatoms. The molecule has 0 aliphatic carbocycles. The quantitative estimate of drug-likeness (QED) is 0.822. The molecule has 1 heterocycles. The van der Waals surface area contributed by atoms with Gasteiger partial charge in [0.2, 0.25) is 0 Å². The number of likely N-dealkylation sites (N-methyl/N-ethyl adjacent to an activating group) is 1. The first kappa shape index (κ1) is 14.7. The molecular weight excluding hydrogens is 368 g/mol. The Balaban J connectivity index is 2.24. The number of benzene rings is 1. The normalized spacial score (nSPS) is 12.4. The Morgan fingerprint density at radius 2 is 1.95 bits per heavy atom. The third kappa shape index (κ3) is 4.41. The summed E-state index contributed by atoms with van der Waals surface area (Å²) in [7, 11) is 0. The van der Waals surface area contributed by atoms with Crippen molar-refractivity contribution in [3.63, 3.8) is 0 Å². The molecule has 1 atom stereocenters. The van der Waals surface area contributed by atoms with Crippen LogP contribution >= 0.6 is 31.9 Å². The zero-order chi connectivity index (χ0) is 13.7. The molecule has 19 heavy (non-hydrogen) atoms. The van der Waals surface area contributed by atoms with E-state index < -0.39 is 0 Å². The fraction of sp³-hybridized carbons (Fsp3) is 0.267. The van der Waals surface area contributed by atoms with Crippen molar-refractivity contribution >= 4 is 31.9 Å². The van der Waals surface area contributed by atoms with Gasteiger partial charge in [-0.15, -0.1) is 0 Å². The Labute approximate surface area is 130 Å². The minimum atomic E-state index is 0.294. The van der Waals surface area contributed by atoms with Gasteiger partial charge in [-0.25, -0.2) is 0 Å². The van der Waals surface area contributed by atoms with Crippen molar-refractivity contribution in [3.05, 3.63) is 62.8 Å². The lowest BCUT2D eigenvalue weighted by Gasteiger charge is -2.19. The van der Waals surface area contributed by atoms with E-state index in [0.717, 1.165) is 21.9 Å². The van der Waals surface area contributed by atoms with Crippen molar-refractivity contribution in [1.29, 1.82) is 0 Å². The van der Waals surface area contributed by atoms with Crippen molar-refractivity contribution in [2.75, 3.05) is 6.54 Å². The highest BCUT2D eigenvalue weighted by atomic mass is 79.9. The third-order valence-corrected chi connectivity index (χ3v) is 3.82. The van der Waals surface area contributed by atoms with E-state index in [1.165, 1.54) is 11.1 Å². The molecule has 0 saturated carbocycles. The van der Waals surface area contributed by atoms with E-state index in [1.54, 1.807) is 6.20 Å². The summed E-state index contributed by atoms with van der Waals surface area (Å²) in [6.45, 7) is 3.07. The predicted octanol–water partition coefficient (Wildman–Crippen LogP) is 4.50. The van der Waals surface area contributed by atoms with Crippen LogP contribution in [0.1, 0.15) is 24.1 Å². The minimum Gasteiger partial charge on any atom is -0.310 e. The zero-order valence-corrected chi connectivity index (χ0v) is 13.9. The Morgan fingerprint density at radius 1 is 1.21 bits per heavy atom. The Kier molecular flexibility index (Phi) is 5.55. The van der Waals surface area contributed by atoms with Crippen molar-refractivity contribution in [1.82, 2.24) is 10.3 Å². The molecule has 100 valence electrons. The van der Waals surface area contributed by atoms with Gasteiger partial charge in [0.15, 0.2) is 0 Å². The van der Waals surface area contributed by atoms with E-state index in [2.05, 4.69) is 73.3 Å². The summed E-state index contributed by atoms with van der Waals surface area (Å²) >= 11 is 7.10. The highest BCUT2D eigenvalue weighted by Gasteiger charge is 2.12. The van der Waals surface area contributed by atoms with Gasteiger partial charge in [-0.2, -0.15) is 0 Å². The van der Waals surface area contributed by atoms with Crippen molar-refractivity contribution < 1.29 is 0 Å². The van der Waals surface area contributed by atoms with Crippen LogP contribution in [-0.2, 0) is 6.42 Å². The van der Waals surface area contributed by atoms with Crippen molar-refractivity contribution in [3.8, 4) is 0 Å². The predicted molar refractivity (Wildman–Crippen MR) is 86.2 cm³/mol. The summed E-state index contributed by atoms with van der Waals surface area (Å²) in [6, 6.07) is 10.8. The highest BCUT2D eigenvalue weighted by molar-refractivity contribution is 9.11. The summed E-state index contributed by atoms with van der Waals surface area (Å²) in [5, 5.41) is 3.53. The molecule has 1 unspecified atom stereocenters. The van der Waals surface area contributed by atoms with Crippen LogP contribution in [0.2, 0.25) is 0 Å². The number of pyridine rings is 1. The molecule has 0 saturated heterocycles. The first-order valence-electron chi connectivity index (χ1n) is 6.27. The van der Waals surface area contributed by atoms with E-state index in [1.807, 2.05) is 12.3 Å². The van der Waals surface area contributed by atoms with Gasteiger partial charge in [-0.1, -0.05) is 44.8 Å². The molecule has 2 rings (SSSR count). The maximum Gasteiger partial charge on any atom is 0.0362 e. The molecule has 0 amide bonds. The van der Waals surface area contributed by atoms with E-state index >= 15 is 0 Å². The van der Waals surface area contributed by atoms with Gasteiger partial charge < -0.3 is 5.32 Å². The summed E-state index contributed by atoms with van der Waals surface area (Å²) in [4.78, 5) is 4.18. The van der Waals surface area contributed by atoms with Crippen LogP contribution in [-0.4, -0.2) is 11.5 Å². The smallest absolute Gasteiger partial charge is 0.0362 e. The Morgan fingerprint density at radius 3 is 2.53 bits per heavy atom. The van der Waals surface area contributed by atoms with Gasteiger partial charge in [-0.05, 0) is 48.4 Å². The van der Waals surface area contributed by atoms with Crippen LogP contribution in [0.15, 0.2) is 51.7 Å². The molecular formula is C15H16Br2N2. The maximum absolute atomic E-state index is 4.18. The first-order chi connectivity index (χ1) is 9.19. The Hall–Kier alpha value is -0.710.